The average Bonchev–Trinajstić information content (AvgIpc) is 2.39. The van der Waals surface area contributed by atoms with Gasteiger partial charge in [0.25, 0.3) is 0 Å². The minimum absolute atomic E-state index is 0.206. The Labute approximate surface area is 117 Å². The lowest BCUT2D eigenvalue weighted by molar-refractivity contribution is -0.132. The minimum atomic E-state index is 0.206. The van der Waals surface area contributed by atoms with Crippen molar-refractivity contribution in [2.45, 2.75) is 32.8 Å². The maximum atomic E-state index is 12.2. The highest BCUT2D eigenvalue weighted by Gasteiger charge is 2.19. The molecule has 1 amide bonds. The Morgan fingerprint density at radius 1 is 1.32 bits per heavy atom. The lowest BCUT2D eigenvalue weighted by Crippen LogP contribution is -2.47. The Balaban J connectivity index is 2.31. The molecule has 0 aromatic rings. The van der Waals surface area contributed by atoms with Crippen LogP contribution in [-0.2, 0) is 9.53 Å². The number of carbonyl (C=O) groups excluding carboxylic acids is 1. The number of amides is 1. The van der Waals surface area contributed by atoms with Gasteiger partial charge in [0.1, 0.15) is 0 Å². The largest absolute Gasteiger partial charge is 0.374 e. The monoisotopic (exact) mass is 271 g/mol. The van der Waals surface area contributed by atoms with E-state index in [0.717, 1.165) is 52.2 Å². The Morgan fingerprint density at radius 3 is 2.53 bits per heavy atom. The Morgan fingerprint density at radius 2 is 2.00 bits per heavy atom. The second-order valence-corrected chi connectivity index (χ2v) is 5.27. The number of morpholine rings is 1. The number of nitrogens with zero attached hydrogens (tertiary/aromatic N) is 2. The quantitative estimate of drug-likeness (QED) is 0.700. The molecule has 1 aliphatic rings. The van der Waals surface area contributed by atoms with E-state index in [2.05, 4.69) is 24.1 Å². The van der Waals surface area contributed by atoms with Crippen LogP contribution in [0.3, 0.4) is 0 Å². The number of carbonyl (C=O) groups is 1. The summed E-state index contributed by atoms with van der Waals surface area (Å²) < 4.78 is 5.66. The van der Waals surface area contributed by atoms with Crippen LogP contribution in [0, 0.1) is 0 Å². The first-order valence-corrected chi connectivity index (χ1v) is 7.46. The van der Waals surface area contributed by atoms with Gasteiger partial charge >= 0.3 is 0 Å². The van der Waals surface area contributed by atoms with Gasteiger partial charge in [0.2, 0.25) is 5.91 Å². The van der Waals surface area contributed by atoms with Gasteiger partial charge in [-0.2, -0.15) is 0 Å². The zero-order chi connectivity index (χ0) is 14.1. The van der Waals surface area contributed by atoms with Gasteiger partial charge in [-0.1, -0.05) is 13.8 Å². The fraction of sp³-hybridized carbons (Fsp3) is 0.929. The van der Waals surface area contributed by atoms with Gasteiger partial charge in [-0.15, -0.1) is 0 Å². The second-order valence-electron chi connectivity index (χ2n) is 5.27. The van der Waals surface area contributed by atoms with Gasteiger partial charge < -0.3 is 15.0 Å². The SMILES string of the molecule is CCCN(CCC)C(=O)CN(C)CC1CNCCO1. The molecule has 0 radical (unpaired) electrons. The standard InChI is InChI=1S/C14H29N3O2/c1-4-7-17(8-5-2)14(18)12-16(3)11-13-10-15-6-9-19-13/h13,15H,4-12H2,1-3H3. The molecule has 5 nitrogen and oxygen atoms in total. The molecule has 0 aromatic heterocycles. The average molecular weight is 271 g/mol. The first-order chi connectivity index (χ1) is 9.17. The third-order valence-electron chi connectivity index (χ3n) is 3.26. The van der Waals surface area contributed by atoms with E-state index in [1.807, 2.05) is 11.9 Å². The van der Waals surface area contributed by atoms with E-state index in [4.69, 9.17) is 4.74 Å². The lowest BCUT2D eigenvalue weighted by atomic mass is 10.2. The zero-order valence-electron chi connectivity index (χ0n) is 12.7. The summed E-state index contributed by atoms with van der Waals surface area (Å²) in [7, 11) is 1.99. The number of rotatable bonds is 8. The van der Waals surface area contributed by atoms with E-state index in [-0.39, 0.29) is 12.0 Å². The van der Waals surface area contributed by atoms with Crippen molar-refractivity contribution in [3.8, 4) is 0 Å². The van der Waals surface area contributed by atoms with Crippen LogP contribution >= 0.6 is 0 Å². The summed E-state index contributed by atoms with van der Waals surface area (Å²) in [5.74, 6) is 0.231. The summed E-state index contributed by atoms with van der Waals surface area (Å²) in [5, 5.41) is 3.31. The zero-order valence-corrected chi connectivity index (χ0v) is 12.7. The summed E-state index contributed by atoms with van der Waals surface area (Å²) in [5.41, 5.74) is 0. The van der Waals surface area contributed by atoms with Gasteiger partial charge in [0.15, 0.2) is 0 Å². The molecule has 0 aliphatic carbocycles. The van der Waals surface area contributed by atoms with Crippen molar-refractivity contribution in [3.63, 3.8) is 0 Å². The first kappa shape index (κ1) is 16.4. The molecule has 1 rings (SSSR count). The van der Waals surface area contributed by atoms with Crippen LogP contribution in [0.2, 0.25) is 0 Å². The summed E-state index contributed by atoms with van der Waals surface area (Å²) in [6.45, 7) is 9.83. The van der Waals surface area contributed by atoms with E-state index in [1.165, 1.54) is 0 Å². The molecule has 0 aromatic carbocycles. The van der Waals surface area contributed by atoms with Crippen LogP contribution in [-0.4, -0.2) is 74.7 Å². The van der Waals surface area contributed by atoms with E-state index in [1.54, 1.807) is 0 Å². The van der Waals surface area contributed by atoms with Crippen molar-refractivity contribution >= 4 is 5.91 Å². The highest BCUT2D eigenvalue weighted by molar-refractivity contribution is 5.78. The van der Waals surface area contributed by atoms with Crippen molar-refractivity contribution in [2.24, 2.45) is 0 Å². The molecule has 0 bridgehead atoms. The maximum Gasteiger partial charge on any atom is 0.236 e. The van der Waals surface area contributed by atoms with Gasteiger partial charge in [-0.05, 0) is 19.9 Å². The Hall–Kier alpha value is -0.650. The maximum absolute atomic E-state index is 12.2. The molecule has 0 saturated carbocycles. The van der Waals surface area contributed by atoms with E-state index in [9.17, 15) is 4.79 Å². The Bertz CT molecular complexity index is 249. The molecule has 1 unspecified atom stereocenters. The summed E-state index contributed by atoms with van der Waals surface area (Å²) in [6.07, 6.45) is 2.24. The van der Waals surface area contributed by atoms with Crippen LogP contribution in [0.5, 0.6) is 0 Å². The van der Waals surface area contributed by atoms with Crippen molar-refractivity contribution in [2.75, 3.05) is 52.9 Å². The number of ether oxygens (including phenoxy) is 1. The van der Waals surface area contributed by atoms with Crippen LogP contribution in [0.15, 0.2) is 0 Å². The molecule has 1 N–H and O–H groups in total. The number of nitrogens with one attached hydrogen (secondary N) is 1. The third kappa shape index (κ3) is 6.36. The van der Waals surface area contributed by atoms with Crippen molar-refractivity contribution in [1.82, 2.24) is 15.1 Å². The smallest absolute Gasteiger partial charge is 0.236 e. The predicted octanol–water partition coefficient (Wildman–Crippen LogP) is 0.555. The Kier molecular flexibility index (Phi) is 8.02. The van der Waals surface area contributed by atoms with E-state index >= 15 is 0 Å². The molecular formula is C14H29N3O2. The topological polar surface area (TPSA) is 44.8 Å². The molecular weight excluding hydrogens is 242 g/mol. The van der Waals surface area contributed by atoms with E-state index < -0.39 is 0 Å². The first-order valence-electron chi connectivity index (χ1n) is 7.46. The molecule has 19 heavy (non-hydrogen) atoms. The molecule has 1 saturated heterocycles. The molecule has 1 heterocycles. The normalized spacial score (nSPS) is 19.7. The molecule has 5 heteroatoms. The summed E-state index contributed by atoms with van der Waals surface area (Å²) in [6, 6.07) is 0. The van der Waals surface area contributed by atoms with Gasteiger partial charge in [-0.3, -0.25) is 9.69 Å². The fourth-order valence-corrected chi connectivity index (χ4v) is 2.38. The highest BCUT2D eigenvalue weighted by Crippen LogP contribution is 2.01. The molecule has 0 spiro atoms. The fourth-order valence-electron chi connectivity index (χ4n) is 2.38. The van der Waals surface area contributed by atoms with Crippen molar-refractivity contribution in [1.29, 1.82) is 0 Å². The number of hydrogen-bond donors (Lipinski definition) is 1. The van der Waals surface area contributed by atoms with Gasteiger partial charge in [0.05, 0.1) is 19.3 Å². The van der Waals surface area contributed by atoms with Crippen LogP contribution in [0.25, 0.3) is 0 Å². The summed E-state index contributed by atoms with van der Waals surface area (Å²) in [4.78, 5) is 16.2. The van der Waals surface area contributed by atoms with Crippen molar-refractivity contribution in [3.05, 3.63) is 0 Å². The molecule has 1 aliphatic heterocycles. The number of hydrogen-bond acceptors (Lipinski definition) is 4. The molecule has 1 fully saturated rings. The lowest BCUT2D eigenvalue weighted by Gasteiger charge is -2.29. The van der Waals surface area contributed by atoms with Crippen LogP contribution in [0.4, 0.5) is 0 Å². The van der Waals surface area contributed by atoms with Crippen molar-refractivity contribution < 1.29 is 9.53 Å². The third-order valence-corrected chi connectivity index (χ3v) is 3.26. The number of likely N-dealkylation sites (N-methyl/N-ethyl adjacent to an activating group) is 1. The van der Waals surface area contributed by atoms with Gasteiger partial charge in [-0.25, -0.2) is 0 Å². The highest BCUT2D eigenvalue weighted by atomic mass is 16.5. The van der Waals surface area contributed by atoms with Crippen LogP contribution in [0.1, 0.15) is 26.7 Å². The van der Waals surface area contributed by atoms with Crippen LogP contribution < -0.4 is 5.32 Å². The van der Waals surface area contributed by atoms with Gasteiger partial charge in [0, 0.05) is 32.7 Å². The predicted molar refractivity (Wildman–Crippen MR) is 77.3 cm³/mol. The molecule has 1 atom stereocenters. The summed E-state index contributed by atoms with van der Waals surface area (Å²) >= 11 is 0. The van der Waals surface area contributed by atoms with E-state index in [0.29, 0.717) is 6.54 Å². The molecule has 112 valence electrons. The second kappa shape index (κ2) is 9.28. The minimum Gasteiger partial charge on any atom is -0.374 e.